The maximum Gasteiger partial charge on any atom is 0.283 e. The van der Waals surface area contributed by atoms with Gasteiger partial charge in [-0.3, -0.25) is 9.59 Å². The lowest BCUT2D eigenvalue weighted by atomic mass is 10.2. The molecule has 0 aliphatic carbocycles. The number of amides is 2. The first-order valence-corrected chi connectivity index (χ1v) is 6.97. The Kier molecular flexibility index (Phi) is 5.09. The van der Waals surface area contributed by atoms with Crippen molar-refractivity contribution in [2.45, 2.75) is 13.8 Å². The monoisotopic (exact) mass is 311 g/mol. The number of carbonyl (C=O) groups excluding carboxylic acids is 2. The van der Waals surface area contributed by atoms with Crippen molar-refractivity contribution in [3.8, 4) is 0 Å². The Balaban J connectivity index is 2.09. The second-order valence-electron chi connectivity index (χ2n) is 5.10. The van der Waals surface area contributed by atoms with Gasteiger partial charge >= 0.3 is 0 Å². The minimum absolute atomic E-state index is 0.513. The van der Waals surface area contributed by atoms with E-state index < -0.39 is 17.5 Å². The highest BCUT2D eigenvalue weighted by Gasteiger charge is 2.21. The van der Waals surface area contributed by atoms with Gasteiger partial charge in [-0.05, 0) is 49.2 Å². The van der Waals surface area contributed by atoms with Gasteiger partial charge in [-0.1, -0.05) is 29.4 Å². The third-order valence-corrected chi connectivity index (χ3v) is 3.08. The Morgan fingerprint density at radius 1 is 0.870 bits per heavy atom. The molecular weight excluding hydrogens is 294 g/mol. The molecule has 0 spiro atoms. The first-order chi connectivity index (χ1) is 11.0. The number of benzene rings is 2. The van der Waals surface area contributed by atoms with Crippen molar-refractivity contribution in [3.05, 3.63) is 59.7 Å². The van der Waals surface area contributed by atoms with Crippen molar-refractivity contribution < 1.29 is 14.8 Å². The van der Waals surface area contributed by atoms with Crippen LogP contribution in [0.15, 0.2) is 53.7 Å². The smallest absolute Gasteiger partial charge is 0.283 e. The zero-order valence-corrected chi connectivity index (χ0v) is 12.8. The number of nitrogens with zero attached hydrogens (tertiary/aromatic N) is 1. The summed E-state index contributed by atoms with van der Waals surface area (Å²) in [5, 5.41) is 16.9. The zero-order valence-electron chi connectivity index (χ0n) is 12.8. The van der Waals surface area contributed by atoms with Crippen LogP contribution >= 0.6 is 0 Å². The molecule has 118 valence electrons. The van der Waals surface area contributed by atoms with E-state index in [0.717, 1.165) is 11.1 Å². The van der Waals surface area contributed by atoms with E-state index >= 15 is 0 Å². The van der Waals surface area contributed by atoms with Gasteiger partial charge < -0.3 is 15.8 Å². The quantitative estimate of drug-likeness (QED) is 0.351. The van der Waals surface area contributed by atoms with Crippen LogP contribution in [0.25, 0.3) is 0 Å². The number of aryl methyl sites for hydroxylation is 2. The largest absolute Gasteiger partial charge is 0.410 e. The Labute approximate surface area is 133 Å². The summed E-state index contributed by atoms with van der Waals surface area (Å²) in [6, 6.07) is 14.1. The fourth-order valence-electron chi connectivity index (χ4n) is 2.02. The Bertz CT molecular complexity index is 708. The summed E-state index contributed by atoms with van der Waals surface area (Å²) in [6.45, 7) is 3.75. The Morgan fingerprint density at radius 3 is 1.65 bits per heavy atom. The lowest BCUT2D eigenvalue weighted by Gasteiger charge is -2.08. The molecule has 2 amide bonds. The van der Waals surface area contributed by atoms with E-state index in [4.69, 9.17) is 5.21 Å². The predicted octanol–water partition coefficient (Wildman–Crippen LogP) is 2.71. The molecule has 0 unspecified atom stereocenters. The van der Waals surface area contributed by atoms with Crippen molar-refractivity contribution in [1.29, 1.82) is 0 Å². The highest BCUT2D eigenvalue weighted by molar-refractivity contribution is 6.68. The molecule has 0 aliphatic rings. The van der Waals surface area contributed by atoms with Crippen LogP contribution in [0.4, 0.5) is 11.4 Å². The van der Waals surface area contributed by atoms with Gasteiger partial charge in [-0.15, -0.1) is 0 Å². The Morgan fingerprint density at radius 2 is 1.30 bits per heavy atom. The van der Waals surface area contributed by atoms with E-state index in [-0.39, 0.29) is 0 Å². The molecule has 2 rings (SSSR count). The van der Waals surface area contributed by atoms with Gasteiger partial charge in [0, 0.05) is 11.4 Å². The van der Waals surface area contributed by atoms with Gasteiger partial charge in [0.25, 0.3) is 11.8 Å². The third kappa shape index (κ3) is 4.41. The van der Waals surface area contributed by atoms with Crippen LogP contribution in [0.2, 0.25) is 0 Å². The average molecular weight is 311 g/mol. The third-order valence-electron chi connectivity index (χ3n) is 3.08. The topological polar surface area (TPSA) is 90.8 Å². The fourth-order valence-corrected chi connectivity index (χ4v) is 2.02. The van der Waals surface area contributed by atoms with E-state index in [1.165, 1.54) is 0 Å². The van der Waals surface area contributed by atoms with Gasteiger partial charge in [-0.25, -0.2) is 0 Å². The van der Waals surface area contributed by atoms with Crippen LogP contribution in [0, 0.1) is 13.8 Å². The molecule has 6 heteroatoms. The fraction of sp³-hybridized carbons (Fsp3) is 0.118. The summed E-state index contributed by atoms with van der Waals surface area (Å²) in [7, 11) is 0. The first kappa shape index (κ1) is 16.2. The number of hydrogen-bond acceptors (Lipinski definition) is 4. The van der Waals surface area contributed by atoms with Gasteiger partial charge in [-0.2, -0.15) is 0 Å². The van der Waals surface area contributed by atoms with Crippen molar-refractivity contribution in [2.24, 2.45) is 5.16 Å². The van der Waals surface area contributed by atoms with E-state index in [0.29, 0.717) is 11.4 Å². The summed E-state index contributed by atoms with van der Waals surface area (Å²) in [5.74, 6) is -1.58. The van der Waals surface area contributed by atoms with Crippen LogP contribution < -0.4 is 10.6 Å². The summed E-state index contributed by atoms with van der Waals surface area (Å²) >= 11 is 0. The molecule has 0 fully saturated rings. The normalized spacial score (nSPS) is 9.83. The molecule has 0 saturated heterocycles. The number of rotatable bonds is 4. The summed E-state index contributed by atoms with van der Waals surface area (Å²) < 4.78 is 0. The molecule has 0 heterocycles. The number of hydrogen-bond donors (Lipinski definition) is 3. The average Bonchev–Trinajstić information content (AvgIpc) is 2.47. The second kappa shape index (κ2) is 7.22. The maximum atomic E-state index is 12.1. The van der Waals surface area contributed by atoms with Crippen molar-refractivity contribution in [1.82, 2.24) is 0 Å². The standard InChI is InChI=1S/C17H17N3O3/c1-11-5-3-7-13(9-11)18-16(21)15(20-23)17(22)19-14-8-4-6-12(2)10-14/h3-10,23H,1-2H3,(H,18,21)(H,19,22). The molecule has 0 saturated carbocycles. The van der Waals surface area contributed by atoms with Crippen LogP contribution in [0.5, 0.6) is 0 Å². The molecule has 2 aromatic rings. The molecular formula is C17H17N3O3. The van der Waals surface area contributed by atoms with Gasteiger partial charge in [0.15, 0.2) is 0 Å². The predicted molar refractivity (Wildman–Crippen MR) is 88.8 cm³/mol. The molecule has 0 bridgehead atoms. The number of nitrogens with one attached hydrogen (secondary N) is 2. The zero-order chi connectivity index (χ0) is 16.8. The summed E-state index contributed by atoms with van der Waals surface area (Å²) in [6.07, 6.45) is 0. The second-order valence-corrected chi connectivity index (χ2v) is 5.10. The van der Waals surface area contributed by atoms with Crippen LogP contribution in [-0.4, -0.2) is 22.7 Å². The van der Waals surface area contributed by atoms with Gasteiger partial charge in [0.1, 0.15) is 0 Å². The molecule has 3 N–H and O–H groups in total. The minimum atomic E-state index is -0.789. The number of oxime groups is 1. The molecule has 23 heavy (non-hydrogen) atoms. The lowest BCUT2D eigenvalue weighted by molar-refractivity contribution is -0.114. The molecule has 2 aromatic carbocycles. The molecule has 0 aliphatic heterocycles. The molecule has 0 aromatic heterocycles. The lowest BCUT2D eigenvalue weighted by Crippen LogP contribution is -2.34. The summed E-state index contributed by atoms with van der Waals surface area (Å²) in [5.41, 5.74) is 2.32. The number of carbonyl (C=O) groups is 2. The highest BCUT2D eigenvalue weighted by atomic mass is 16.4. The number of anilines is 2. The van der Waals surface area contributed by atoms with Crippen molar-refractivity contribution in [3.63, 3.8) is 0 Å². The minimum Gasteiger partial charge on any atom is -0.410 e. The first-order valence-electron chi connectivity index (χ1n) is 6.97. The molecule has 0 atom stereocenters. The van der Waals surface area contributed by atoms with Crippen LogP contribution in [0.3, 0.4) is 0 Å². The van der Waals surface area contributed by atoms with Crippen LogP contribution in [0.1, 0.15) is 11.1 Å². The SMILES string of the molecule is Cc1cccc(NC(=O)C(=NO)C(=O)Nc2cccc(C)c2)c1. The van der Waals surface area contributed by atoms with Gasteiger partial charge in [0.05, 0.1) is 0 Å². The summed E-state index contributed by atoms with van der Waals surface area (Å²) in [4.78, 5) is 24.2. The van der Waals surface area contributed by atoms with E-state index in [1.54, 1.807) is 36.4 Å². The van der Waals surface area contributed by atoms with E-state index in [9.17, 15) is 9.59 Å². The van der Waals surface area contributed by atoms with Crippen molar-refractivity contribution >= 4 is 28.9 Å². The van der Waals surface area contributed by atoms with Crippen molar-refractivity contribution in [2.75, 3.05) is 10.6 Å². The molecule has 6 nitrogen and oxygen atoms in total. The maximum absolute atomic E-state index is 12.1. The van der Waals surface area contributed by atoms with Gasteiger partial charge in [0.2, 0.25) is 5.71 Å². The van der Waals surface area contributed by atoms with E-state index in [1.807, 2.05) is 26.0 Å². The molecule has 0 radical (unpaired) electrons. The Hall–Kier alpha value is -3.15. The van der Waals surface area contributed by atoms with E-state index in [2.05, 4.69) is 15.8 Å². The van der Waals surface area contributed by atoms with Crippen LogP contribution in [-0.2, 0) is 9.59 Å². The highest BCUT2D eigenvalue weighted by Crippen LogP contribution is 2.11.